The van der Waals surface area contributed by atoms with Gasteiger partial charge in [-0.3, -0.25) is 5.43 Å². The van der Waals surface area contributed by atoms with Gasteiger partial charge < -0.3 is 10.1 Å². The highest BCUT2D eigenvalue weighted by molar-refractivity contribution is 7.18. The Kier molecular flexibility index (Phi) is 4.52. The highest BCUT2D eigenvalue weighted by Gasteiger charge is 2.16. The molecule has 3 rings (SSSR count). The Balaban J connectivity index is 1.82. The molecule has 21 heavy (non-hydrogen) atoms. The summed E-state index contributed by atoms with van der Waals surface area (Å²) >= 11 is 1.68. The second-order valence-electron chi connectivity index (χ2n) is 5.19. The Morgan fingerprint density at radius 3 is 3.05 bits per heavy atom. The maximum atomic E-state index is 5.75. The van der Waals surface area contributed by atoms with E-state index in [1.807, 2.05) is 0 Å². The first-order valence-corrected chi connectivity index (χ1v) is 8.24. The van der Waals surface area contributed by atoms with Crippen LogP contribution in [0.4, 0.5) is 11.8 Å². The minimum Gasteiger partial charge on any atom is -0.376 e. The number of anilines is 2. The van der Waals surface area contributed by atoms with Gasteiger partial charge >= 0.3 is 0 Å². The van der Waals surface area contributed by atoms with Crippen molar-refractivity contribution in [2.24, 2.45) is 5.84 Å². The number of fused-ring (bicyclic) bond motifs is 1. The summed E-state index contributed by atoms with van der Waals surface area (Å²) in [7, 11) is 0. The average molecular weight is 307 g/mol. The Bertz CT molecular complexity index is 609. The van der Waals surface area contributed by atoms with Crippen LogP contribution in [-0.2, 0) is 11.2 Å². The topological polar surface area (TPSA) is 85.1 Å². The van der Waals surface area contributed by atoms with Crippen LogP contribution in [0.2, 0.25) is 0 Å². The summed E-state index contributed by atoms with van der Waals surface area (Å²) in [6, 6.07) is 2.16. The maximum Gasteiger partial charge on any atom is 0.240 e. The van der Waals surface area contributed by atoms with Gasteiger partial charge in [0.25, 0.3) is 0 Å². The number of rotatable bonds is 5. The molecule has 1 atom stereocenters. The molecule has 114 valence electrons. The van der Waals surface area contributed by atoms with Gasteiger partial charge in [0.05, 0.1) is 11.5 Å². The summed E-state index contributed by atoms with van der Waals surface area (Å²) in [4.78, 5) is 11.1. The lowest BCUT2D eigenvalue weighted by atomic mass is 10.1. The van der Waals surface area contributed by atoms with E-state index in [1.54, 1.807) is 11.3 Å². The molecule has 1 aliphatic rings. The van der Waals surface area contributed by atoms with Gasteiger partial charge in [-0.25, -0.2) is 10.8 Å². The third-order valence-electron chi connectivity index (χ3n) is 3.69. The van der Waals surface area contributed by atoms with Gasteiger partial charge in [0.2, 0.25) is 5.95 Å². The number of hydrogen-bond donors (Lipinski definition) is 3. The van der Waals surface area contributed by atoms with E-state index in [9.17, 15) is 0 Å². The first-order valence-electron chi connectivity index (χ1n) is 7.42. The summed E-state index contributed by atoms with van der Waals surface area (Å²) in [5.74, 6) is 6.74. The molecule has 2 aromatic rings. The fourth-order valence-electron chi connectivity index (χ4n) is 2.52. The number of aryl methyl sites for hydroxylation is 1. The van der Waals surface area contributed by atoms with Crippen molar-refractivity contribution < 1.29 is 4.74 Å². The third kappa shape index (κ3) is 3.25. The van der Waals surface area contributed by atoms with E-state index >= 15 is 0 Å². The van der Waals surface area contributed by atoms with Crippen LogP contribution in [0.3, 0.4) is 0 Å². The van der Waals surface area contributed by atoms with Crippen LogP contribution >= 0.6 is 11.3 Å². The summed E-state index contributed by atoms with van der Waals surface area (Å²) in [5.41, 5.74) is 2.54. The molecule has 4 N–H and O–H groups in total. The molecule has 6 nitrogen and oxygen atoms in total. The predicted molar refractivity (Wildman–Crippen MR) is 86.7 cm³/mol. The second kappa shape index (κ2) is 6.55. The molecule has 1 fully saturated rings. The van der Waals surface area contributed by atoms with Crippen LogP contribution in [-0.4, -0.2) is 29.2 Å². The van der Waals surface area contributed by atoms with Crippen molar-refractivity contribution in [2.45, 2.75) is 38.7 Å². The van der Waals surface area contributed by atoms with E-state index in [0.717, 1.165) is 42.0 Å². The minimum atomic E-state index is 0.266. The number of nitrogens with zero attached hydrogens (tertiary/aromatic N) is 2. The molecular weight excluding hydrogens is 286 g/mol. The summed E-state index contributed by atoms with van der Waals surface area (Å²) < 4.78 is 5.75. The first kappa shape index (κ1) is 14.5. The van der Waals surface area contributed by atoms with Gasteiger partial charge in [-0.1, -0.05) is 6.92 Å². The van der Waals surface area contributed by atoms with Crippen molar-refractivity contribution in [1.29, 1.82) is 0 Å². The molecule has 1 aliphatic heterocycles. The number of nitrogen functional groups attached to an aromatic ring is 1. The zero-order chi connectivity index (χ0) is 14.7. The molecule has 1 unspecified atom stereocenters. The fraction of sp³-hybridized carbons (Fsp3) is 0.571. The van der Waals surface area contributed by atoms with Crippen molar-refractivity contribution in [3.05, 3.63) is 10.9 Å². The van der Waals surface area contributed by atoms with Gasteiger partial charge in [0, 0.05) is 18.0 Å². The van der Waals surface area contributed by atoms with E-state index in [0.29, 0.717) is 5.95 Å². The molecule has 7 heteroatoms. The van der Waals surface area contributed by atoms with Crippen LogP contribution in [0.25, 0.3) is 10.2 Å². The number of aromatic nitrogens is 2. The molecular formula is C14H21N5OS. The largest absolute Gasteiger partial charge is 0.376 e. The fourth-order valence-corrected chi connectivity index (χ4v) is 3.49. The van der Waals surface area contributed by atoms with Gasteiger partial charge in [-0.15, -0.1) is 11.3 Å². The van der Waals surface area contributed by atoms with Gasteiger partial charge in [0.15, 0.2) is 0 Å². The van der Waals surface area contributed by atoms with Crippen LogP contribution in [0.15, 0.2) is 6.07 Å². The van der Waals surface area contributed by atoms with Crippen molar-refractivity contribution in [3.8, 4) is 0 Å². The molecule has 0 bridgehead atoms. The number of hydrogen-bond acceptors (Lipinski definition) is 7. The SMILES string of the molecule is CCc1cc2c(NCC3CCCCO3)nc(NN)nc2s1. The standard InChI is InChI=1S/C14H21N5OS/c1-2-10-7-11-12(16-8-9-5-3-4-6-20-9)17-14(19-15)18-13(11)21-10/h7,9H,2-6,8,15H2,1H3,(H2,16,17,18,19). The lowest BCUT2D eigenvalue weighted by molar-refractivity contribution is 0.0247. The zero-order valence-corrected chi connectivity index (χ0v) is 13.0. The van der Waals surface area contributed by atoms with Crippen molar-refractivity contribution >= 4 is 33.3 Å². The lowest BCUT2D eigenvalue weighted by Crippen LogP contribution is -2.27. The van der Waals surface area contributed by atoms with Crippen molar-refractivity contribution in [3.63, 3.8) is 0 Å². The van der Waals surface area contributed by atoms with Crippen molar-refractivity contribution in [2.75, 3.05) is 23.9 Å². The summed E-state index contributed by atoms with van der Waals surface area (Å²) in [6.45, 7) is 3.77. The Labute approximate surface area is 128 Å². The quantitative estimate of drug-likeness (QED) is 0.581. The molecule has 1 saturated heterocycles. The van der Waals surface area contributed by atoms with Crippen molar-refractivity contribution in [1.82, 2.24) is 9.97 Å². The summed E-state index contributed by atoms with van der Waals surface area (Å²) in [5, 5.41) is 4.47. The van der Waals surface area contributed by atoms with Gasteiger partial charge in [-0.05, 0) is 31.7 Å². The minimum absolute atomic E-state index is 0.266. The van der Waals surface area contributed by atoms with E-state index in [-0.39, 0.29) is 6.10 Å². The molecule has 2 aromatic heterocycles. The summed E-state index contributed by atoms with van der Waals surface area (Å²) in [6.07, 6.45) is 4.77. The molecule has 0 aliphatic carbocycles. The van der Waals surface area contributed by atoms with Crippen LogP contribution in [0, 0.1) is 0 Å². The molecule has 0 saturated carbocycles. The Hall–Kier alpha value is -1.44. The Morgan fingerprint density at radius 2 is 2.33 bits per heavy atom. The highest BCUT2D eigenvalue weighted by atomic mass is 32.1. The van der Waals surface area contributed by atoms with E-state index < -0.39 is 0 Å². The smallest absolute Gasteiger partial charge is 0.240 e. The molecule has 3 heterocycles. The maximum absolute atomic E-state index is 5.75. The zero-order valence-electron chi connectivity index (χ0n) is 12.2. The molecule has 0 spiro atoms. The van der Waals surface area contributed by atoms with Gasteiger partial charge in [-0.2, -0.15) is 4.98 Å². The van der Waals surface area contributed by atoms with E-state index in [2.05, 4.69) is 33.7 Å². The van der Waals surface area contributed by atoms with Gasteiger partial charge in [0.1, 0.15) is 10.6 Å². The average Bonchev–Trinajstić information content (AvgIpc) is 2.96. The van der Waals surface area contributed by atoms with E-state index in [1.165, 1.54) is 17.7 Å². The Morgan fingerprint density at radius 1 is 1.43 bits per heavy atom. The van der Waals surface area contributed by atoms with Crippen LogP contribution in [0.5, 0.6) is 0 Å². The number of thiophene rings is 1. The molecule has 0 amide bonds. The van der Waals surface area contributed by atoms with Crippen LogP contribution < -0.4 is 16.6 Å². The third-order valence-corrected chi connectivity index (χ3v) is 4.87. The predicted octanol–water partition coefficient (Wildman–Crippen LogP) is 2.52. The molecule has 0 radical (unpaired) electrons. The number of nitrogens with two attached hydrogens (primary N) is 1. The first-order chi connectivity index (χ1) is 10.3. The number of nitrogens with one attached hydrogen (secondary N) is 2. The monoisotopic (exact) mass is 307 g/mol. The highest BCUT2D eigenvalue weighted by Crippen LogP contribution is 2.30. The van der Waals surface area contributed by atoms with Crippen LogP contribution in [0.1, 0.15) is 31.1 Å². The second-order valence-corrected chi connectivity index (χ2v) is 6.31. The normalized spacial score (nSPS) is 18.9. The number of ether oxygens (including phenoxy) is 1. The number of hydrazine groups is 1. The van der Waals surface area contributed by atoms with E-state index in [4.69, 9.17) is 10.6 Å². The lowest BCUT2D eigenvalue weighted by Gasteiger charge is -2.23. The molecule has 0 aromatic carbocycles.